The number of para-hydroxylation sites is 1. The summed E-state index contributed by atoms with van der Waals surface area (Å²) in [6.07, 6.45) is -3.54. The molecule has 2 saturated heterocycles. The van der Waals surface area contributed by atoms with Gasteiger partial charge in [0, 0.05) is 45.5 Å². The first kappa shape index (κ1) is 21.7. The number of rotatable bonds is 4. The highest BCUT2D eigenvalue weighted by molar-refractivity contribution is 7.22. The summed E-state index contributed by atoms with van der Waals surface area (Å²) in [5, 5.41) is 0.886. The maximum Gasteiger partial charge on any atom is 0.417 e. The summed E-state index contributed by atoms with van der Waals surface area (Å²) in [6.45, 7) is 3.38. The number of methoxy groups -OCH3 is 1. The Balaban J connectivity index is 1.15. The monoisotopic (exact) mass is 477 g/mol. The van der Waals surface area contributed by atoms with Crippen LogP contribution in [0.5, 0.6) is 5.75 Å². The Morgan fingerprint density at radius 1 is 1.09 bits per heavy atom. The number of carbonyl (C=O) groups is 1. The van der Waals surface area contributed by atoms with E-state index in [2.05, 4.69) is 14.9 Å². The molecule has 2 aliphatic heterocycles. The molecule has 0 bridgehead atoms. The first-order valence-corrected chi connectivity index (χ1v) is 11.4. The molecule has 2 fully saturated rings. The van der Waals surface area contributed by atoms with E-state index in [1.807, 2.05) is 28.0 Å². The molecule has 0 saturated carbocycles. The second-order valence-corrected chi connectivity index (χ2v) is 9.13. The summed E-state index contributed by atoms with van der Waals surface area (Å²) >= 11 is 1.59. The minimum atomic E-state index is -4.40. The Labute approximate surface area is 192 Å². The Bertz CT molecular complexity index is 1150. The summed E-state index contributed by atoms with van der Waals surface area (Å²) in [4.78, 5) is 27.4. The lowest BCUT2D eigenvalue weighted by atomic mass is 9.99. The van der Waals surface area contributed by atoms with Gasteiger partial charge in [0.15, 0.2) is 5.13 Å². The third-order valence-corrected chi connectivity index (χ3v) is 7.16. The predicted molar refractivity (Wildman–Crippen MR) is 120 cm³/mol. The van der Waals surface area contributed by atoms with E-state index in [1.165, 1.54) is 6.07 Å². The lowest BCUT2D eigenvalue weighted by Gasteiger charge is -2.42. The molecule has 33 heavy (non-hydrogen) atoms. The molecule has 4 heterocycles. The number of piperazine rings is 1. The lowest BCUT2D eigenvalue weighted by Crippen LogP contribution is -2.58. The number of hydrogen-bond acceptors (Lipinski definition) is 7. The van der Waals surface area contributed by atoms with Crippen LogP contribution < -0.4 is 14.5 Å². The van der Waals surface area contributed by atoms with Gasteiger partial charge in [0.05, 0.1) is 23.3 Å². The average Bonchev–Trinajstić information content (AvgIpc) is 3.21. The van der Waals surface area contributed by atoms with Crippen molar-refractivity contribution in [3.05, 3.63) is 42.1 Å². The Morgan fingerprint density at radius 2 is 1.85 bits per heavy atom. The van der Waals surface area contributed by atoms with E-state index in [0.717, 1.165) is 33.4 Å². The summed E-state index contributed by atoms with van der Waals surface area (Å²) in [5.74, 6) is 1.28. The summed E-state index contributed by atoms with van der Waals surface area (Å²) in [6, 6.07) is 8.25. The van der Waals surface area contributed by atoms with Crippen molar-refractivity contribution in [1.29, 1.82) is 0 Å². The number of thiazole rings is 1. The predicted octanol–water partition coefficient (Wildman–Crippen LogP) is 3.50. The molecule has 0 aliphatic carbocycles. The molecule has 2 aromatic heterocycles. The van der Waals surface area contributed by atoms with Gasteiger partial charge in [0.1, 0.15) is 17.1 Å². The minimum absolute atomic E-state index is 0.0744. The molecule has 11 heteroatoms. The van der Waals surface area contributed by atoms with Crippen molar-refractivity contribution in [2.45, 2.75) is 6.18 Å². The largest absolute Gasteiger partial charge is 0.494 e. The van der Waals surface area contributed by atoms with Crippen molar-refractivity contribution in [2.24, 2.45) is 5.92 Å². The van der Waals surface area contributed by atoms with Crippen molar-refractivity contribution < 1.29 is 22.7 Å². The summed E-state index contributed by atoms with van der Waals surface area (Å²) in [7, 11) is 1.62. The van der Waals surface area contributed by atoms with Crippen LogP contribution in [0.3, 0.4) is 0 Å². The number of hydrogen-bond donors (Lipinski definition) is 0. The number of anilines is 2. The topological polar surface area (TPSA) is 61.8 Å². The first-order valence-electron chi connectivity index (χ1n) is 10.6. The first-order chi connectivity index (χ1) is 15.8. The van der Waals surface area contributed by atoms with E-state index in [-0.39, 0.29) is 11.8 Å². The van der Waals surface area contributed by atoms with E-state index in [0.29, 0.717) is 45.1 Å². The fraction of sp³-hybridized carbons (Fsp3) is 0.409. The number of carbonyl (C=O) groups excluding carboxylic acids is 1. The van der Waals surface area contributed by atoms with Gasteiger partial charge in [0.2, 0.25) is 5.91 Å². The third-order valence-electron chi connectivity index (χ3n) is 6.08. The van der Waals surface area contributed by atoms with E-state index in [9.17, 15) is 18.0 Å². The van der Waals surface area contributed by atoms with Crippen LogP contribution in [-0.2, 0) is 11.0 Å². The standard InChI is InChI=1S/C22H22F3N5O2S/c1-32-16-3-2-4-17-19(16)27-21(33-17)30-12-14(13-30)20(31)29-9-7-28(8-10-29)18-6-5-15(11-26-18)22(23,24)25/h2-6,11,14H,7-10,12-13H2,1H3. The van der Waals surface area contributed by atoms with Crippen molar-refractivity contribution in [2.75, 3.05) is 56.2 Å². The van der Waals surface area contributed by atoms with E-state index in [4.69, 9.17) is 4.74 Å². The zero-order chi connectivity index (χ0) is 23.2. The van der Waals surface area contributed by atoms with Gasteiger partial charge in [-0.15, -0.1) is 0 Å². The Hall–Kier alpha value is -3.08. The van der Waals surface area contributed by atoms with Crippen LogP contribution in [0.25, 0.3) is 10.2 Å². The van der Waals surface area contributed by atoms with Crippen LogP contribution in [-0.4, -0.2) is 67.2 Å². The maximum atomic E-state index is 12.9. The van der Waals surface area contributed by atoms with Gasteiger partial charge < -0.3 is 19.4 Å². The molecule has 0 atom stereocenters. The van der Waals surface area contributed by atoms with Gasteiger partial charge >= 0.3 is 6.18 Å². The molecule has 0 radical (unpaired) electrons. The number of fused-ring (bicyclic) bond motifs is 1. The fourth-order valence-electron chi connectivity index (χ4n) is 4.16. The molecule has 3 aromatic rings. The number of pyridine rings is 1. The van der Waals surface area contributed by atoms with Crippen molar-refractivity contribution in [3.8, 4) is 5.75 Å². The lowest BCUT2D eigenvalue weighted by molar-refractivity contribution is -0.138. The number of nitrogens with zero attached hydrogens (tertiary/aromatic N) is 5. The van der Waals surface area contributed by atoms with Crippen molar-refractivity contribution >= 4 is 38.4 Å². The normalized spacial score (nSPS) is 17.4. The Kier molecular flexibility index (Phi) is 5.51. The van der Waals surface area contributed by atoms with Gasteiger partial charge in [-0.25, -0.2) is 9.97 Å². The minimum Gasteiger partial charge on any atom is -0.494 e. The van der Waals surface area contributed by atoms with Gasteiger partial charge in [-0.2, -0.15) is 13.2 Å². The summed E-state index contributed by atoms with van der Waals surface area (Å²) in [5.41, 5.74) is 0.0731. The molecular weight excluding hydrogens is 455 g/mol. The molecule has 0 unspecified atom stereocenters. The zero-order valence-electron chi connectivity index (χ0n) is 17.9. The molecule has 0 N–H and O–H groups in total. The van der Waals surface area contributed by atoms with Crippen LogP contribution in [0.1, 0.15) is 5.56 Å². The quantitative estimate of drug-likeness (QED) is 0.573. The third kappa shape index (κ3) is 4.17. The van der Waals surface area contributed by atoms with Crippen molar-refractivity contribution in [1.82, 2.24) is 14.9 Å². The number of aromatic nitrogens is 2. The number of benzene rings is 1. The van der Waals surface area contributed by atoms with Crippen LogP contribution >= 0.6 is 11.3 Å². The van der Waals surface area contributed by atoms with Gasteiger partial charge in [0.25, 0.3) is 0 Å². The van der Waals surface area contributed by atoms with E-state index < -0.39 is 11.7 Å². The van der Waals surface area contributed by atoms with Crippen LogP contribution in [0, 0.1) is 5.92 Å². The second kappa shape index (κ2) is 8.36. The summed E-state index contributed by atoms with van der Waals surface area (Å²) < 4.78 is 44.6. The SMILES string of the molecule is COc1cccc2sc(N3CC(C(=O)N4CCN(c5ccc(C(F)(F)F)cn5)CC4)C3)nc12. The average molecular weight is 478 g/mol. The molecule has 1 amide bonds. The highest BCUT2D eigenvalue weighted by atomic mass is 32.1. The molecule has 2 aliphatic rings. The van der Waals surface area contributed by atoms with Gasteiger partial charge in [-0.3, -0.25) is 4.79 Å². The van der Waals surface area contributed by atoms with Crippen LogP contribution in [0.4, 0.5) is 24.1 Å². The van der Waals surface area contributed by atoms with E-state index >= 15 is 0 Å². The fourth-order valence-corrected chi connectivity index (χ4v) is 5.16. The van der Waals surface area contributed by atoms with Crippen LogP contribution in [0.2, 0.25) is 0 Å². The van der Waals surface area contributed by atoms with Gasteiger partial charge in [-0.05, 0) is 24.3 Å². The highest BCUT2D eigenvalue weighted by Gasteiger charge is 2.38. The van der Waals surface area contributed by atoms with Crippen molar-refractivity contribution in [3.63, 3.8) is 0 Å². The Morgan fingerprint density at radius 3 is 2.48 bits per heavy atom. The molecule has 5 rings (SSSR count). The number of halogens is 3. The van der Waals surface area contributed by atoms with E-state index in [1.54, 1.807) is 18.4 Å². The number of alkyl halides is 3. The molecule has 0 spiro atoms. The zero-order valence-corrected chi connectivity index (χ0v) is 18.7. The number of ether oxygens (including phenoxy) is 1. The smallest absolute Gasteiger partial charge is 0.417 e. The van der Waals surface area contributed by atoms with Crippen LogP contribution in [0.15, 0.2) is 36.5 Å². The molecule has 174 valence electrons. The molecule has 1 aromatic carbocycles. The van der Waals surface area contributed by atoms with Gasteiger partial charge in [-0.1, -0.05) is 17.4 Å². The molecule has 7 nitrogen and oxygen atoms in total. The highest BCUT2D eigenvalue weighted by Crippen LogP contribution is 2.37. The molecular formula is C22H22F3N5O2S. The second-order valence-electron chi connectivity index (χ2n) is 8.12. The maximum absolute atomic E-state index is 12.9. The number of amides is 1.